The maximum atomic E-state index is 13.7. The Morgan fingerprint density at radius 1 is 1.03 bits per heavy atom. The van der Waals surface area contributed by atoms with Gasteiger partial charge in [-0.25, -0.2) is 18.7 Å². The van der Waals surface area contributed by atoms with Crippen LogP contribution in [0.5, 0.6) is 0 Å². The molecule has 4 rings (SSSR count). The molecule has 3 aromatic heterocycles. The van der Waals surface area contributed by atoms with Gasteiger partial charge in [-0.2, -0.15) is 0 Å². The van der Waals surface area contributed by atoms with Crippen molar-refractivity contribution in [3.8, 4) is 0 Å². The van der Waals surface area contributed by atoms with Gasteiger partial charge in [0.2, 0.25) is 0 Å². The van der Waals surface area contributed by atoms with Gasteiger partial charge in [-0.3, -0.25) is 9.78 Å². The number of halogens is 2. The summed E-state index contributed by atoms with van der Waals surface area (Å²) in [4.78, 5) is 27.7. The van der Waals surface area contributed by atoms with E-state index in [1.165, 1.54) is 30.7 Å². The van der Waals surface area contributed by atoms with Crippen LogP contribution >= 0.6 is 0 Å². The molecule has 0 saturated carbocycles. The standard InChI is InChI=1S/C22H21F2N5O2/c23-14-7-5-11-25-17(14)12-26-22(30)18-13-31-20(28-18)10-3-1-2-9-19-27-16-8-4-6-15(24)21(16)29-19/h4-8,11,13H,1-3,9-10,12H2,(H,26,30)(H,27,29). The predicted octanol–water partition coefficient (Wildman–Crippen LogP) is 4.11. The van der Waals surface area contributed by atoms with Crippen LogP contribution in [0.1, 0.15) is 47.2 Å². The number of fused-ring (bicyclic) bond motifs is 1. The highest BCUT2D eigenvalue weighted by molar-refractivity contribution is 5.91. The average molecular weight is 425 g/mol. The molecule has 0 aliphatic rings. The van der Waals surface area contributed by atoms with Gasteiger partial charge in [0.1, 0.15) is 23.4 Å². The summed E-state index contributed by atoms with van der Waals surface area (Å²) >= 11 is 0. The lowest BCUT2D eigenvalue weighted by Gasteiger charge is -2.03. The van der Waals surface area contributed by atoms with Crippen LogP contribution in [-0.4, -0.2) is 25.8 Å². The average Bonchev–Trinajstić information content (AvgIpc) is 3.40. The van der Waals surface area contributed by atoms with Gasteiger partial charge in [0.15, 0.2) is 17.4 Å². The fourth-order valence-electron chi connectivity index (χ4n) is 3.25. The number of hydrogen-bond donors (Lipinski definition) is 2. The Labute approximate surface area is 176 Å². The van der Waals surface area contributed by atoms with E-state index in [0.717, 1.165) is 31.5 Å². The third kappa shape index (κ3) is 5.11. The summed E-state index contributed by atoms with van der Waals surface area (Å²) in [7, 11) is 0. The van der Waals surface area contributed by atoms with E-state index in [9.17, 15) is 13.6 Å². The lowest BCUT2D eigenvalue weighted by atomic mass is 10.1. The van der Waals surface area contributed by atoms with Crippen LogP contribution in [0.15, 0.2) is 47.2 Å². The van der Waals surface area contributed by atoms with Crippen LogP contribution in [0, 0.1) is 11.6 Å². The Hall–Kier alpha value is -3.62. The zero-order valence-corrected chi connectivity index (χ0v) is 16.7. The van der Waals surface area contributed by atoms with Crippen molar-refractivity contribution in [3.63, 3.8) is 0 Å². The summed E-state index contributed by atoms with van der Waals surface area (Å²) in [6.07, 6.45) is 6.69. The van der Waals surface area contributed by atoms with Crippen molar-refractivity contribution in [1.82, 2.24) is 25.3 Å². The highest BCUT2D eigenvalue weighted by Gasteiger charge is 2.13. The number of carbonyl (C=O) groups excluding carboxylic acids is 1. The number of aryl methyl sites for hydroxylation is 2. The van der Waals surface area contributed by atoms with E-state index in [4.69, 9.17) is 4.42 Å². The molecule has 0 unspecified atom stereocenters. The van der Waals surface area contributed by atoms with E-state index in [-0.39, 0.29) is 23.7 Å². The van der Waals surface area contributed by atoms with E-state index in [0.29, 0.717) is 23.3 Å². The maximum absolute atomic E-state index is 13.7. The van der Waals surface area contributed by atoms with E-state index < -0.39 is 11.7 Å². The molecule has 1 amide bonds. The first-order valence-corrected chi connectivity index (χ1v) is 10.1. The Morgan fingerprint density at radius 2 is 1.87 bits per heavy atom. The highest BCUT2D eigenvalue weighted by atomic mass is 19.1. The number of aromatic amines is 1. The smallest absolute Gasteiger partial charge is 0.273 e. The number of imidazole rings is 1. The van der Waals surface area contributed by atoms with Crippen molar-refractivity contribution in [2.75, 3.05) is 0 Å². The highest BCUT2D eigenvalue weighted by Crippen LogP contribution is 2.16. The van der Waals surface area contributed by atoms with E-state index >= 15 is 0 Å². The number of hydrogen-bond acceptors (Lipinski definition) is 5. The third-order valence-corrected chi connectivity index (χ3v) is 4.85. The van der Waals surface area contributed by atoms with Gasteiger partial charge in [0, 0.05) is 19.0 Å². The monoisotopic (exact) mass is 425 g/mol. The zero-order valence-electron chi connectivity index (χ0n) is 16.7. The molecule has 0 fully saturated rings. The van der Waals surface area contributed by atoms with Crippen LogP contribution in [0.25, 0.3) is 11.0 Å². The largest absolute Gasteiger partial charge is 0.448 e. The first kappa shape index (κ1) is 20.6. The second-order valence-electron chi connectivity index (χ2n) is 7.12. The number of nitrogens with zero attached hydrogens (tertiary/aromatic N) is 3. The lowest BCUT2D eigenvalue weighted by molar-refractivity contribution is 0.0945. The van der Waals surface area contributed by atoms with Gasteiger partial charge in [0.25, 0.3) is 5.91 Å². The number of para-hydroxylation sites is 1. The van der Waals surface area contributed by atoms with Crippen LogP contribution in [0.3, 0.4) is 0 Å². The summed E-state index contributed by atoms with van der Waals surface area (Å²) in [5.74, 6) is -0.0120. The molecular formula is C22H21F2N5O2. The van der Waals surface area contributed by atoms with Gasteiger partial charge in [0.05, 0.1) is 17.8 Å². The first-order chi connectivity index (χ1) is 15.1. The topological polar surface area (TPSA) is 96.7 Å². The normalized spacial score (nSPS) is 11.2. The van der Waals surface area contributed by atoms with Crippen LogP contribution in [0.2, 0.25) is 0 Å². The number of oxazole rings is 1. The third-order valence-electron chi connectivity index (χ3n) is 4.85. The second-order valence-corrected chi connectivity index (χ2v) is 7.12. The Balaban J connectivity index is 1.19. The summed E-state index contributed by atoms with van der Waals surface area (Å²) < 4.78 is 32.6. The van der Waals surface area contributed by atoms with Gasteiger partial charge < -0.3 is 14.7 Å². The van der Waals surface area contributed by atoms with Crippen LogP contribution < -0.4 is 5.32 Å². The van der Waals surface area contributed by atoms with Crippen molar-refractivity contribution in [2.45, 2.75) is 38.6 Å². The summed E-state index contributed by atoms with van der Waals surface area (Å²) in [5.41, 5.74) is 1.38. The van der Waals surface area contributed by atoms with E-state index in [1.54, 1.807) is 12.1 Å². The summed E-state index contributed by atoms with van der Waals surface area (Å²) in [6.45, 7) is -0.0284. The van der Waals surface area contributed by atoms with Gasteiger partial charge >= 0.3 is 0 Å². The number of pyridine rings is 1. The predicted molar refractivity (Wildman–Crippen MR) is 109 cm³/mol. The molecule has 0 spiro atoms. The van der Waals surface area contributed by atoms with Crippen molar-refractivity contribution >= 4 is 16.9 Å². The van der Waals surface area contributed by atoms with Crippen molar-refractivity contribution in [1.29, 1.82) is 0 Å². The van der Waals surface area contributed by atoms with Gasteiger partial charge in [-0.05, 0) is 37.1 Å². The van der Waals surface area contributed by atoms with Gasteiger partial charge in [-0.15, -0.1) is 0 Å². The molecule has 31 heavy (non-hydrogen) atoms. The van der Waals surface area contributed by atoms with E-state index in [1.807, 2.05) is 0 Å². The molecule has 4 aromatic rings. The molecule has 0 saturated heterocycles. The minimum absolute atomic E-state index is 0.0284. The molecule has 0 radical (unpaired) electrons. The molecular weight excluding hydrogens is 404 g/mol. The molecule has 9 heteroatoms. The SMILES string of the molecule is O=C(NCc1ncccc1F)c1coc(CCCCCc2nc3c(F)cccc3[nH]2)n1. The Morgan fingerprint density at radius 3 is 2.71 bits per heavy atom. The van der Waals surface area contributed by atoms with Crippen LogP contribution in [0.4, 0.5) is 8.78 Å². The van der Waals surface area contributed by atoms with Gasteiger partial charge in [-0.1, -0.05) is 12.5 Å². The minimum atomic E-state index is -0.476. The number of benzene rings is 1. The summed E-state index contributed by atoms with van der Waals surface area (Å²) in [6, 6.07) is 7.63. The molecule has 2 N–H and O–H groups in total. The second kappa shape index (κ2) is 9.46. The molecule has 160 valence electrons. The summed E-state index contributed by atoms with van der Waals surface area (Å²) in [5, 5.41) is 2.58. The number of amides is 1. The number of rotatable bonds is 9. The number of aromatic nitrogens is 4. The number of H-pyrrole nitrogens is 1. The molecule has 7 nitrogen and oxygen atoms in total. The molecule has 1 aromatic carbocycles. The molecule has 3 heterocycles. The molecule has 0 aliphatic carbocycles. The van der Waals surface area contributed by atoms with E-state index in [2.05, 4.69) is 25.3 Å². The quantitative estimate of drug-likeness (QED) is 0.394. The number of nitrogens with one attached hydrogen (secondary N) is 2. The van der Waals surface area contributed by atoms with Crippen molar-refractivity contribution in [3.05, 3.63) is 77.5 Å². The number of unbranched alkanes of at least 4 members (excludes halogenated alkanes) is 2. The fraction of sp³-hybridized carbons (Fsp3) is 0.273. The number of carbonyl (C=O) groups is 1. The maximum Gasteiger partial charge on any atom is 0.273 e. The fourth-order valence-corrected chi connectivity index (χ4v) is 3.25. The first-order valence-electron chi connectivity index (χ1n) is 10.1. The molecule has 0 bridgehead atoms. The van der Waals surface area contributed by atoms with Crippen molar-refractivity contribution < 1.29 is 18.0 Å². The minimum Gasteiger partial charge on any atom is -0.448 e. The lowest BCUT2D eigenvalue weighted by Crippen LogP contribution is -2.24. The van der Waals surface area contributed by atoms with Crippen molar-refractivity contribution in [2.24, 2.45) is 0 Å². The Bertz CT molecular complexity index is 1190. The molecule has 0 aliphatic heterocycles. The zero-order chi connectivity index (χ0) is 21.6. The molecule has 0 atom stereocenters. The Kier molecular flexibility index (Phi) is 6.30. The van der Waals surface area contributed by atoms with Crippen LogP contribution in [-0.2, 0) is 19.4 Å².